The van der Waals surface area contributed by atoms with Gasteiger partial charge in [-0.25, -0.2) is 9.37 Å². The first-order chi connectivity index (χ1) is 8.20. The molecule has 0 aliphatic carbocycles. The molecule has 0 unspecified atom stereocenters. The second-order valence-electron chi connectivity index (χ2n) is 3.30. The summed E-state index contributed by atoms with van der Waals surface area (Å²) in [6.45, 7) is 0. The number of aromatic nitrogens is 1. The van der Waals surface area contributed by atoms with Gasteiger partial charge < -0.3 is 10.1 Å². The third-order valence-corrected chi connectivity index (χ3v) is 2.82. The van der Waals surface area contributed by atoms with Crippen molar-refractivity contribution in [3.8, 4) is 5.75 Å². The lowest BCUT2D eigenvalue weighted by Gasteiger charge is -2.11. The van der Waals surface area contributed by atoms with Crippen molar-refractivity contribution in [1.82, 2.24) is 4.98 Å². The van der Waals surface area contributed by atoms with E-state index in [9.17, 15) is 4.39 Å². The van der Waals surface area contributed by atoms with Gasteiger partial charge >= 0.3 is 0 Å². The molecule has 0 fully saturated rings. The quantitative estimate of drug-likeness (QED) is 0.937. The molecule has 0 amide bonds. The predicted molar refractivity (Wildman–Crippen MR) is 68.2 cm³/mol. The van der Waals surface area contributed by atoms with Crippen molar-refractivity contribution in [2.45, 2.75) is 0 Å². The predicted octanol–water partition coefficient (Wildman–Crippen LogP) is 3.74. The monoisotopic (exact) mass is 296 g/mol. The van der Waals surface area contributed by atoms with Gasteiger partial charge in [0.1, 0.15) is 17.4 Å². The van der Waals surface area contributed by atoms with Crippen LogP contribution in [0.15, 0.2) is 41.0 Å². The van der Waals surface area contributed by atoms with E-state index in [1.807, 2.05) is 12.1 Å². The fourth-order valence-electron chi connectivity index (χ4n) is 1.37. The normalized spacial score (nSPS) is 10.1. The SMILES string of the molecule is COc1cc(F)ccc1Nc1ncccc1Br. The lowest BCUT2D eigenvalue weighted by atomic mass is 10.3. The molecule has 0 aliphatic rings. The Morgan fingerprint density at radius 1 is 1.35 bits per heavy atom. The van der Waals surface area contributed by atoms with Crippen LogP contribution in [0.3, 0.4) is 0 Å². The van der Waals surface area contributed by atoms with Crippen LogP contribution < -0.4 is 10.1 Å². The van der Waals surface area contributed by atoms with Gasteiger partial charge in [-0.05, 0) is 40.2 Å². The number of halogens is 2. The Bertz CT molecular complexity index is 534. The van der Waals surface area contributed by atoms with Crippen LogP contribution in [0.2, 0.25) is 0 Å². The molecule has 2 rings (SSSR count). The largest absolute Gasteiger partial charge is 0.494 e. The van der Waals surface area contributed by atoms with Gasteiger partial charge in [-0.2, -0.15) is 0 Å². The van der Waals surface area contributed by atoms with Crippen LogP contribution in [0, 0.1) is 5.82 Å². The van der Waals surface area contributed by atoms with Crippen LogP contribution >= 0.6 is 15.9 Å². The molecule has 1 aromatic carbocycles. The molecule has 2 aromatic rings. The Kier molecular flexibility index (Phi) is 3.58. The summed E-state index contributed by atoms with van der Waals surface area (Å²) in [6, 6.07) is 7.97. The molecule has 0 radical (unpaired) electrons. The fourth-order valence-corrected chi connectivity index (χ4v) is 1.73. The summed E-state index contributed by atoms with van der Waals surface area (Å²) in [7, 11) is 1.49. The Labute approximate surface area is 107 Å². The van der Waals surface area contributed by atoms with E-state index in [0.717, 1.165) is 4.47 Å². The number of hydrogen-bond acceptors (Lipinski definition) is 3. The molecule has 1 aromatic heterocycles. The van der Waals surface area contributed by atoms with Crippen LogP contribution in [0.4, 0.5) is 15.9 Å². The molecule has 0 saturated heterocycles. The first kappa shape index (κ1) is 11.9. The molecule has 3 nitrogen and oxygen atoms in total. The molecule has 5 heteroatoms. The lowest BCUT2D eigenvalue weighted by Crippen LogP contribution is -1.97. The first-order valence-electron chi connectivity index (χ1n) is 4.92. The molecule has 0 saturated carbocycles. The van der Waals surface area contributed by atoms with Gasteiger partial charge in [-0.15, -0.1) is 0 Å². The summed E-state index contributed by atoms with van der Waals surface area (Å²) in [5.74, 6) is 0.743. The molecule has 17 heavy (non-hydrogen) atoms. The average Bonchev–Trinajstić information content (AvgIpc) is 2.34. The summed E-state index contributed by atoms with van der Waals surface area (Å²) < 4.78 is 18.9. The molecule has 88 valence electrons. The highest BCUT2D eigenvalue weighted by atomic mass is 79.9. The van der Waals surface area contributed by atoms with Crippen LogP contribution in [-0.2, 0) is 0 Å². The standard InChI is InChI=1S/C12H10BrFN2O/c1-17-11-7-8(14)4-5-10(11)16-12-9(13)3-2-6-15-12/h2-7H,1H3,(H,15,16). The number of nitrogens with zero attached hydrogens (tertiary/aromatic N) is 1. The van der Waals surface area contributed by atoms with E-state index in [1.165, 1.54) is 19.2 Å². The van der Waals surface area contributed by atoms with Gasteiger partial charge in [-0.3, -0.25) is 0 Å². The molecule has 1 heterocycles. The van der Waals surface area contributed by atoms with Crippen LogP contribution in [0.25, 0.3) is 0 Å². The van der Waals surface area contributed by atoms with E-state index in [1.54, 1.807) is 12.3 Å². The third kappa shape index (κ3) is 2.74. The van der Waals surface area contributed by atoms with Crippen molar-refractivity contribution < 1.29 is 9.13 Å². The van der Waals surface area contributed by atoms with Crippen molar-refractivity contribution in [2.24, 2.45) is 0 Å². The maximum Gasteiger partial charge on any atom is 0.145 e. The highest BCUT2D eigenvalue weighted by molar-refractivity contribution is 9.10. The highest BCUT2D eigenvalue weighted by Gasteiger charge is 2.07. The Morgan fingerprint density at radius 2 is 2.18 bits per heavy atom. The molecular weight excluding hydrogens is 287 g/mol. The molecule has 0 bridgehead atoms. The Balaban J connectivity index is 2.33. The van der Waals surface area contributed by atoms with E-state index in [-0.39, 0.29) is 5.82 Å². The van der Waals surface area contributed by atoms with Crippen LogP contribution in [-0.4, -0.2) is 12.1 Å². The molecule has 0 atom stereocenters. The van der Waals surface area contributed by atoms with Crippen molar-refractivity contribution in [1.29, 1.82) is 0 Å². The summed E-state index contributed by atoms with van der Waals surface area (Å²) in [6.07, 6.45) is 1.67. The van der Waals surface area contributed by atoms with Gasteiger partial charge in [0.2, 0.25) is 0 Å². The van der Waals surface area contributed by atoms with Gasteiger partial charge in [0.15, 0.2) is 0 Å². The van der Waals surface area contributed by atoms with E-state index in [0.29, 0.717) is 17.3 Å². The number of benzene rings is 1. The number of hydrogen-bond donors (Lipinski definition) is 1. The van der Waals surface area contributed by atoms with E-state index < -0.39 is 0 Å². The minimum Gasteiger partial charge on any atom is -0.494 e. The number of pyridine rings is 1. The van der Waals surface area contributed by atoms with Gasteiger partial charge in [-0.1, -0.05) is 0 Å². The van der Waals surface area contributed by atoms with E-state index >= 15 is 0 Å². The topological polar surface area (TPSA) is 34.1 Å². The maximum absolute atomic E-state index is 13.0. The van der Waals surface area contributed by atoms with E-state index in [4.69, 9.17) is 4.74 Å². The zero-order valence-electron chi connectivity index (χ0n) is 9.08. The average molecular weight is 297 g/mol. The van der Waals surface area contributed by atoms with Crippen molar-refractivity contribution in [3.63, 3.8) is 0 Å². The summed E-state index contributed by atoms with van der Waals surface area (Å²) in [5, 5.41) is 3.07. The molecular formula is C12H10BrFN2O. The van der Waals surface area contributed by atoms with Crippen molar-refractivity contribution in [3.05, 3.63) is 46.8 Å². The zero-order valence-corrected chi connectivity index (χ0v) is 10.7. The van der Waals surface area contributed by atoms with Crippen LogP contribution in [0.1, 0.15) is 0 Å². The number of methoxy groups -OCH3 is 1. The molecule has 1 N–H and O–H groups in total. The maximum atomic E-state index is 13.0. The minimum absolute atomic E-state index is 0.340. The summed E-state index contributed by atoms with van der Waals surface area (Å²) in [4.78, 5) is 4.16. The Hall–Kier alpha value is -1.62. The number of ether oxygens (including phenoxy) is 1. The second kappa shape index (κ2) is 5.14. The van der Waals surface area contributed by atoms with Crippen molar-refractivity contribution in [2.75, 3.05) is 12.4 Å². The lowest BCUT2D eigenvalue weighted by molar-refractivity contribution is 0.413. The van der Waals surface area contributed by atoms with Crippen molar-refractivity contribution >= 4 is 27.4 Å². The first-order valence-corrected chi connectivity index (χ1v) is 5.71. The number of anilines is 2. The van der Waals surface area contributed by atoms with Gasteiger partial charge in [0.05, 0.1) is 17.3 Å². The number of nitrogens with one attached hydrogen (secondary N) is 1. The molecule has 0 aliphatic heterocycles. The summed E-state index contributed by atoms with van der Waals surface area (Å²) in [5.41, 5.74) is 0.660. The van der Waals surface area contributed by atoms with Crippen LogP contribution in [0.5, 0.6) is 5.75 Å². The highest BCUT2D eigenvalue weighted by Crippen LogP contribution is 2.30. The van der Waals surface area contributed by atoms with Gasteiger partial charge in [0.25, 0.3) is 0 Å². The summed E-state index contributed by atoms with van der Waals surface area (Å²) >= 11 is 3.37. The van der Waals surface area contributed by atoms with E-state index in [2.05, 4.69) is 26.2 Å². The van der Waals surface area contributed by atoms with Gasteiger partial charge in [0, 0.05) is 12.3 Å². The smallest absolute Gasteiger partial charge is 0.145 e. The second-order valence-corrected chi connectivity index (χ2v) is 4.16. The zero-order chi connectivity index (χ0) is 12.3. The molecule has 0 spiro atoms. The Morgan fingerprint density at radius 3 is 2.88 bits per heavy atom. The third-order valence-electron chi connectivity index (χ3n) is 2.18. The number of rotatable bonds is 3. The fraction of sp³-hybridized carbons (Fsp3) is 0.0833. The minimum atomic E-state index is -0.340.